The maximum absolute atomic E-state index is 12.0. The summed E-state index contributed by atoms with van der Waals surface area (Å²) in [6.45, 7) is 1.68. The number of carbonyl (C=O) groups is 1. The fourth-order valence-corrected chi connectivity index (χ4v) is 2.64. The van der Waals surface area contributed by atoms with Crippen molar-refractivity contribution in [3.05, 3.63) is 58.8 Å². The highest BCUT2D eigenvalue weighted by atomic mass is 32.1. The molecule has 8 heteroatoms. The third-order valence-corrected chi connectivity index (χ3v) is 3.80. The summed E-state index contributed by atoms with van der Waals surface area (Å²) in [5, 5.41) is 7.57. The summed E-state index contributed by atoms with van der Waals surface area (Å²) in [6.07, 6.45) is 3.31. The smallest absolute Gasteiger partial charge is 0.267 e. The molecule has 0 bridgehead atoms. The monoisotopic (exact) mass is 327 g/mol. The van der Waals surface area contributed by atoms with E-state index < -0.39 is 0 Å². The summed E-state index contributed by atoms with van der Waals surface area (Å²) in [5.41, 5.74) is 1.85. The lowest BCUT2D eigenvalue weighted by molar-refractivity contribution is -0.116. The molecule has 0 fully saturated rings. The molecule has 0 spiro atoms. The van der Waals surface area contributed by atoms with Gasteiger partial charge in [0.1, 0.15) is 11.5 Å². The molecule has 3 aromatic heterocycles. The summed E-state index contributed by atoms with van der Waals surface area (Å²) in [5.74, 6) is -0.327. The number of nitrogens with one attached hydrogen (secondary N) is 1. The molecular formula is C15H13N5O2S. The molecule has 0 saturated heterocycles. The van der Waals surface area contributed by atoms with Gasteiger partial charge in [0.25, 0.3) is 5.56 Å². The summed E-state index contributed by atoms with van der Waals surface area (Å²) in [6, 6.07) is 8.39. The minimum absolute atomic E-state index is 0.163. The van der Waals surface area contributed by atoms with E-state index in [4.69, 9.17) is 0 Å². The van der Waals surface area contributed by atoms with Crippen molar-refractivity contribution in [2.75, 3.05) is 5.32 Å². The van der Waals surface area contributed by atoms with Gasteiger partial charge in [-0.25, -0.2) is 4.68 Å². The number of hydrogen-bond acceptors (Lipinski definition) is 6. The maximum Gasteiger partial charge on any atom is 0.267 e. The van der Waals surface area contributed by atoms with Crippen molar-refractivity contribution in [3.8, 4) is 11.3 Å². The lowest BCUT2D eigenvalue weighted by Crippen LogP contribution is -2.29. The molecule has 116 valence electrons. The number of hydrogen-bond donors (Lipinski definition) is 1. The van der Waals surface area contributed by atoms with Crippen LogP contribution in [0.5, 0.6) is 0 Å². The number of amides is 1. The van der Waals surface area contributed by atoms with E-state index in [-0.39, 0.29) is 18.0 Å². The predicted octanol–water partition coefficient (Wildman–Crippen LogP) is 1.71. The quantitative estimate of drug-likeness (QED) is 0.788. The summed E-state index contributed by atoms with van der Waals surface area (Å²) >= 11 is 1.19. The van der Waals surface area contributed by atoms with E-state index in [9.17, 15) is 9.59 Å². The molecule has 3 aromatic rings. The number of rotatable bonds is 4. The second kappa shape index (κ2) is 6.49. The molecule has 0 radical (unpaired) electrons. The van der Waals surface area contributed by atoms with Gasteiger partial charge in [0.05, 0.1) is 11.4 Å². The molecule has 0 unspecified atom stereocenters. The Morgan fingerprint density at radius 3 is 2.91 bits per heavy atom. The second-order valence-electron chi connectivity index (χ2n) is 4.84. The largest absolute Gasteiger partial charge is 0.315 e. The number of anilines is 1. The predicted molar refractivity (Wildman–Crippen MR) is 87.2 cm³/mol. The van der Waals surface area contributed by atoms with E-state index in [0.29, 0.717) is 10.7 Å². The van der Waals surface area contributed by atoms with Crippen LogP contribution >= 0.6 is 11.5 Å². The van der Waals surface area contributed by atoms with Crippen LogP contribution in [0.4, 0.5) is 5.00 Å². The third-order valence-electron chi connectivity index (χ3n) is 3.01. The Hall–Kier alpha value is -2.87. The van der Waals surface area contributed by atoms with Crippen LogP contribution in [-0.4, -0.2) is 25.0 Å². The standard InChI is InChI=1S/C15H13N5O2S/c1-10-7-14(23-19-10)17-13(21)9-20-15(22)5-4-12(18-20)11-3-2-6-16-8-11/h2-8H,9H2,1H3,(H,17,21). The molecule has 0 aliphatic heterocycles. The lowest BCUT2D eigenvalue weighted by atomic mass is 10.2. The van der Waals surface area contributed by atoms with E-state index in [1.807, 2.05) is 13.0 Å². The molecule has 1 amide bonds. The summed E-state index contributed by atoms with van der Waals surface area (Å²) in [4.78, 5) is 28.0. The van der Waals surface area contributed by atoms with Gasteiger partial charge in [-0.2, -0.15) is 9.47 Å². The first-order chi connectivity index (χ1) is 11.1. The maximum atomic E-state index is 12.0. The SMILES string of the molecule is Cc1cc(NC(=O)Cn2nc(-c3cccnc3)ccc2=O)sn1. The minimum atomic E-state index is -0.340. The van der Waals surface area contributed by atoms with Crippen molar-refractivity contribution in [2.45, 2.75) is 13.5 Å². The molecule has 3 heterocycles. The second-order valence-corrected chi connectivity index (χ2v) is 5.64. The molecule has 0 atom stereocenters. The van der Waals surface area contributed by atoms with E-state index in [1.54, 1.807) is 30.6 Å². The van der Waals surface area contributed by atoms with Gasteiger partial charge in [0.2, 0.25) is 5.91 Å². The minimum Gasteiger partial charge on any atom is -0.315 e. The molecule has 0 aromatic carbocycles. The fraction of sp³-hybridized carbons (Fsp3) is 0.133. The summed E-state index contributed by atoms with van der Waals surface area (Å²) in [7, 11) is 0. The first-order valence-corrected chi connectivity index (χ1v) is 7.61. The van der Waals surface area contributed by atoms with Crippen molar-refractivity contribution in [1.82, 2.24) is 19.1 Å². The first kappa shape index (κ1) is 15.0. The highest BCUT2D eigenvalue weighted by Gasteiger charge is 2.09. The average Bonchev–Trinajstić information content (AvgIpc) is 2.95. The molecule has 23 heavy (non-hydrogen) atoms. The van der Waals surface area contributed by atoms with Gasteiger partial charge in [-0.1, -0.05) is 0 Å². The van der Waals surface area contributed by atoms with Gasteiger partial charge in [-0.05, 0) is 42.7 Å². The molecule has 1 N–H and O–H groups in total. The van der Waals surface area contributed by atoms with Crippen LogP contribution in [0.2, 0.25) is 0 Å². The lowest BCUT2D eigenvalue weighted by Gasteiger charge is -2.07. The number of pyridine rings is 1. The Balaban J connectivity index is 1.79. The number of nitrogens with zero attached hydrogens (tertiary/aromatic N) is 4. The Bertz CT molecular complexity index is 888. The third kappa shape index (κ3) is 3.67. The first-order valence-electron chi connectivity index (χ1n) is 6.83. The van der Waals surface area contributed by atoms with Crippen LogP contribution in [0.15, 0.2) is 47.5 Å². The van der Waals surface area contributed by atoms with Crippen molar-refractivity contribution >= 4 is 22.4 Å². The van der Waals surface area contributed by atoms with Crippen LogP contribution < -0.4 is 10.9 Å². The number of aryl methyl sites for hydroxylation is 1. The zero-order valence-corrected chi connectivity index (χ0v) is 13.1. The van der Waals surface area contributed by atoms with E-state index in [1.165, 1.54) is 17.6 Å². The van der Waals surface area contributed by atoms with Crippen LogP contribution in [0.25, 0.3) is 11.3 Å². The normalized spacial score (nSPS) is 10.5. The van der Waals surface area contributed by atoms with Crippen molar-refractivity contribution in [3.63, 3.8) is 0 Å². The number of carbonyl (C=O) groups excluding carboxylic acids is 1. The molecular weight excluding hydrogens is 314 g/mol. The molecule has 3 rings (SSSR count). The molecule has 0 aliphatic carbocycles. The topological polar surface area (TPSA) is 89.8 Å². The van der Waals surface area contributed by atoms with Gasteiger partial charge in [0, 0.05) is 24.0 Å². The van der Waals surface area contributed by atoms with E-state index in [2.05, 4.69) is 19.8 Å². The zero-order valence-electron chi connectivity index (χ0n) is 12.3. The van der Waals surface area contributed by atoms with Crippen LogP contribution in [-0.2, 0) is 11.3 Å². The molecule has 0 saturated carbocycles. The summed E-state index contributed by atoms with van der Waals surface area (Å²) < 4.78 is 5.21. The van der Waals surface area contributed by atoms with Gasteiger partial charge in [0.15, 0.2) is 0 Å². The van der Waals surface area contributed by atoms with Gasteiger partial charge < -0.3 is 5.32 Å². The molecule has 7 nitrogen and oxygen atoms in total. The van der Waals surface area contributed by atoms with Gasteiger partial charge >= 0.3 is 0 Å². The van der Waals surface area contributed by atoms with Crippen LogP contribution in [0, 0.1) is 6.92 Å². The van der Waals surface area contributed by atoms with Gasteiger partial charge in [-0.3, -0.25) is 14.6 Å². The van der Waals surface area contributed by atoms with E-state index in [0.717, 1.165) is 15.9 Å². The fourth-order valence-electron chi connectivity index (χ4n) is 1.97. The Labute approximate surface area is 135 Å². The van der Waals surface area contributed by atoms with E-state index >= 15 is 0 Å². The Kier molecular flexibility index (Phi) is 4.24. The van der Waals surface area contributed by atoms with Crippen molar-refractivity contribution in [1.29, 1.82) is 0 Å². The Morgan fingerprint density at radius 1 is 1.35 bits per heavy atom. The Morgan fingerprint density at radius 2 is 2.22 bits per heavy atom. The number of aromatic nitrogens is 4. The van der Waals surface area contributed by atoms with Crippen LogP contribution in [0.1, 0.15) is 5.69 Å². The van der Waals surface area contributed by atoms with Crippen LogP contribution in [0.3, 0.4) is 0 Å². The zero-order chi connectivity index (χ0) is 16.2. The van der Waals surface area contributed by atoms with Crippen molar-refractivity contribution in [2.24, 2.45) is 0 Å². The van der Waals surface area contributed by atoms with Gasteiger partial charge in [-0.15, -0.1) is 0 Å². The van der Waals surface area contributed by atoms with Crippen molar-refractivity contribution < 1.29 is 4.79 Å². The average molecular weight is 327 g/mol. The molecule has 0 aliphatic rings. The highest BCUT2D eigenvalue weighted by molar-refractivity contribution is 7.10. The highest BCUT2D eigenvalue weighted by Crippen LogP contribution is 2.15.